The Morgan fingerprint density at radius 3 is 2.36 bits per heavy atom. The fourth-order valence-electron chi connectivity index (χ4n) is 3.22. The standard InChI is InChI=1S/C20H24N2O6/c1-25-16-5-4-14(12-17(16)26-2)19(23)22-9-7-21(8-10-22)13-18-15(6-11-28-18)20(24)27-3/h4-6,11-12H,7-10,13H2,1-3H3. The van der Waals surface area contributed by atoms with Crippen LogP contribution in [-0.2, 0) is 11.3 Å². The van der Waals surface area contributed by atoms with Gasteiger partial charge in [-0.3, -0.25) is 9.69 Å². The second kappa shape index (κ2) is 8.79. The Kier molecular flexibility index (Phi) is 6.20. The predicted molar refractivity (Wildman–Crippen MR) is 101 cm³/mol. The number of ether oxygens (including phenoxy) is 3. The summed E-state index contributed by atoms with van der Waals surface area (Å²) in [7, 11) is 4.45. The van der Waals surface area contributed by atoms with E-state index in [0.717, 1.165) is 0 Å². The lowest BCUT2D eigenvalue weighted by molar-refractivity contribution is 0.0589. The number of hydrogen-bond acceptors (Lipinski definition) is 7. The van der Waals surface area contributed by atoms with Gasteiger partial charge in [0.05, 0.1) is 34.1 Å². The van der Waals surface area contributed by atoms with Gasteiger partial charge in [-0.25, -0.2) is 4.79 Å². The van der Waals surface area contributed by atoms with E-state index in [-0.39, 0.29) is 5.91 Å². The largest absolute Gasteiger partial charge is 0.493 e. The van der Waals surface area contributed by atoms with Gasteiger partial charge in [0.15, 0.2) is 11.5 Å². The van der Waals surface area contributed by atoms with Crippen molar-refractivity contribution in [1.29, 1.82) is 0 Å². The maximum atomic E-state index is 12.8. The first-order valence-electron chi connectivity index (χ1n) is 8.95. The second-order valence-corrected chi connectivity index (χ2v) is 6.39. The van der Waals surface area contributed by atoms with Gasteiger partial charge in [0.1, 0.15) is 11.3 Å². The molecule has 1 aromatic heterocycles. The zero-order valence-corrected chi connectivity index (χ0v) is 16.3. The molecule has 8 nitrogen and oxygen atoms in total. The molecule has 3 rings (SSSR count). The number of methoxy groups -OCH3 is 3. The molecule has 0 unspecified atom stereocenters. The van der Waals surface area contributed by atoms with Crippen molar-refractivity contribution < 1.29 is 28.2 Å². The molecule has 1 aliphatic heterocycles. The molecule has 1 aliphatic rings. The van der Waals surface area contributed by atoms with E-state index in [1.807, 2.05) is 0 Å². The summed E-state index contributed by atoms with van der Waals surface area (Å²) in [5, 5.41) is 0. The van der Waals surface area contributed by atoms with Crippen molar-refractivity contribution in [2.24, 2.45) is 0 Å². The Morgan fingerprint density at radius 2 is 1.71 bits per heavy atom. The molecular formula is C20H24N2O6. The van der Waals surface area contributed by atoms with Crippen molar-refractivity contribution in [2.75, 3.05) is 47.5 Å². The van der Waals surface area contributed by atoms with Crippen molar-refractivity contribution in [3.05, 3.63) is 47.4 Å². The first-order valence-corrected chi connectivity index (χ1v) is 8.95. The average Bonchev–Trinajstić information content (AvgIpc) is 3.20. The summed E-state index contributed by atoms with van der Waals surface area (Å²) < 4.78 is 20.7. The van der Waals surface area contributed by atoms with Crippen molar-refractivity contribution >= 4 is 11.9 Å². The summed E-state index contributed by atoms with van der Waals surface area (Å²) in [6.45, 7) is 3.03. The Labute approximate surface area is 163 Å². The third kappa shape index (κ3) is 4.12. The van der Waals surface area contributed by atoms with Gasteiger partial charge in [-0.1, -0.05) is 0 Å². The highest BCUT2D eigenvalue weighted by Gasteiger charge is 2.25. The maximum Gasteiger partial charge on any atom is 0.341 e. The molecule has 0 N–H and O–H groups in total. The van der Waals surface area contributed by atoms with Crippen LogP contribution < -0.4 is 9.47 Å². The summed E-state index contributed by atoms with van der Waals surface area (Å²) in [4.78, 5) is 28.5. The van der Waals surface area contributed by atoms with Crippen molar-refractivity contribution in [3.63, 3.8) is 0 Å². The molecule has 0 saturated carbocycles. The van der Waals surface area contributed by atoms with Crippen molar-refractivity contribution in [3.8, 4) is 11.5 Å². The SMILES string of the molecule is COC(=O)c1ccoc1CN1CCN(C(=O)c2ccc(OC)c(OC)c2)CC1. The van der Waals surface area contributed by atoms with E-state index in [0.29, 0.717) is 61.1 Å². The Balaban J connectivity index is 1.60. The minimum Gasteiger partial charge on any atom is -0.493 e. The minimum absolute atomic E-state index is 0.0474. The van der Waals surface area contributed by atoms with E-state index in [9.17, 15) is 9.59 Å². The lowest BCUT2D eigenvalue weighted by atomic mass is 10.1. The number of furan rings is 1. The molecular weight excluding hydrogens is 364 g/mol. The van der Waals surface area contributed by atoms with Gasteiger partial charge < -0.3 is 23.5 Å². The van der Waals surface area contributed by atoms with Crippen molar-refractivity contribution in [2.45, 2.75) is 6.54 Å². The number of piperazine rings is 1. The molecule has 0 bridgehead atoms. The van der Waals surface area contributed by atoms with Gasteiger partial charge in [-0.15, -0.1) is 0 Å². The van der Waals surface area contributed by atoms with Crippen LogP contribution in [-0.4, -0.2) is 69.2 Å². The maximum absolute atomic E-state index is 12.8. The Hall–Kier alpha value is -3.00. The summed E-state index contributed by atoms with van der Waals surface area (Å²) >= 11 is 0. The van der Waals surface area contributed by atoms with E-state index in [2.05, 4.69) is 4.90 Å². The summed E-state index contributed by atoms with van der Waals surface area (Å²) in [6, 6.07) is 6.77. The first-order chi connectivity index (χ1) is 13.6. The summed E-state index contributed by atoms with van der Waals surface area (Å²) in [5.41, 5.74) is 0.997. The topological polar surface area (TPSA) is 81.5 Å². The van der Waals surface area contributed by atoms with Gasteiger partial charge in [-0.05, 0) is 24.3 Å². The van der Waals surface area contributed by atoms with Crippen molar-refractivity contribution in [1.82, 2.24) is 9.80 Å². The van der Waals surface area contributed by atoms with E-state index in [4.69, 9.17) is 18.6 Å². The van der Waals surface area contributed by atoms with E-state index < -0.39 is 5.97 Å². The molecule has 28 heavy (non-hydrogen) atoms. The molecule has 0 aliphatic carbocycles. The van der Waals surface area contributed by atoms with Crippen LogP contribution in [0.15, 0.2) is 34.9 Å². The second-order valence-electron chi connectivity index (χ2n) is 6.39. The highest BCUT2D eigenvalue weighted by Crippen LogP contribution is 2.28. The van der Waals surface area contributed by atoms with Crippen LogP contribution in [0.25, 0.3) is 0 Å². The van der Waals surface area contributed by atoms with Gasteiger partial charge >= 0.3 is 5.97 Å². The molecule has 1 fully saturated rings. The molecule has 1 amide bonds. The lowest BCUT2D eigenvalue weighted by Crippen LogP contribution is -2.48. The number of nitrogens with zero attached hydrogens (tertiary/aromatic N) is 2. The number of hydrogen-bond donors (Lipinski definition) is 0. The lowest BCUT2D eigenvalue weighted by Gasteiger charge is -2.34. The van der Waals surface area contributed by atoms with Crippen LogP contribution in [0.4, 0.5) is 0 Å². The van der Waals surface area contributed by atoms with Gasteiger partial charge in [0.25, 0.3) is 5.91 Å². The number of benzene rings is 1. The number of carbonyl (C=O) groups is 2. The normalized spacial score (nSPS) is 14.6. The molecule has 1 aromatic carbocycles. The average molecular weight is 388 g/mol. The number of amides is 1. The number of esters is 1. The monoisotopic (exact) mass is 388 g/mol. The van der Waals surface area contributed by atoms with Crippen LogP contribution in [0.2, 0.25) is 0 Å². The zero-order valence-electron chi connectivity index (χ0n) is 16.3. The molecule has 0 atom stereocenters. The molecule has 8 heteroatoms. The van der Waals surface area contributed by atoms with E-state index in [1.54, 1.807) is 43.4 Å². The summed E-state index contributed by atoms with van der Waals surface area (Å²) in [5.74, 6) is 1.23. The van der Waals surface area contributed by atoms with Crippen LogP contribution in [0.3, 0.4) is 0 Å². The molecule has 2 aromatic rings. The first kappa shape index (κ1) is 19.8. The van der Waals surface area contributed by atoms with E-state index in [1.165, 1.54) is 13.4 Å². The molecule has 0 radical (unpaired) electrons. The van der Waals surface area contributed by atoms with Gasteiger partial charge in [-0.2, -0.15) is 0 Å². The van der Waals surface area contributed by atoms with Crippen LogP contribution in [0, 0.1) is 0 Å². The number of carbonyl (C=O) groups excluding carboxylic acids is 2. The third-order valence-electron chi connectivity index (χ3n) is 4.81. The number of rotatable bonds is 6. The molecule has 2 heterocycles. The Morgan fingerprint density at radius 1 is 1.00 bits per heavy atom. The molecule has 0 spiro atoms. The van der Waals surface area contributed by atoms with Crippen LogP contribution >= 0.6 is 0 Å². The Bertz CT molecular complexity index is 839. The molecule has 150 valence electrons. The van der Waals surface area contributed by atoms with Crippen LogP contribution in [0.1, 0.15) is 26.5 Å². The quantitative estimate of drug-likeness (QED) is 0.701. The predicted octanol–water partition coefficient (Wildman–Crippen LogP) is 2.04. The highest BCUT2D eigenvalue weighted by molar-refractivity contribution is 5.95. The fourth-order valence-corrected chi connectivity index (χ4v) is 3.22. The molecule has 1 saturated heterocycles. The third-order valence-corrected chi connectivity index (χ3v) is 4.81. The highest BCUT2D eigenvalue weighted by atomic mass is 16.5. The van der Waals surface area contributed by atoms with E-state index >= 15 is 0 Å². The van der Waals surface area contributed by atoms with Crippen LogP contribution in [0.5, 0.6) is 11.5 Å². The summed E-state index contributed by atoms with van der Waals surface area (Å²) in [6.07, 6.45) is 1.48. The fraction of sp³-hybridized carbons (Fsp3) is 0.400. The zero-order chi connectivity index (χ0) is 20.1. The van der Waals surface area contributed by atoms with Gasteiger partial charge in [0.2, 0.25) is 0 Å². The van der Waals surface area contributed by atoms with Gasteiger partial charge in [0, 0.05) is 31.7 Å². The smallest absolute Gasteiger partial charge is 0.341 e. The minimum atomic E-state index is -0.411.